The Morgan fingerprint density at radius 1 is 1.15 bits per heavy atom. The first-order valence-corrected chi connectivity index (χ1v) is 8.29. The first kappa shape index (κ1) is 17.5. The largest absolute Gasteiger partial charge is 0.393 e. The normalized spacial score (nSPS) is 32.5. The molecule has 0 spiro atoms. The molecule has 1 fully saturated rings. The van der Waals surface area contributed by atoms with Gasteiger partial charge >= 0.3 is 0 Å². The third kappa shape index (κ3) is 5.41. The Balaban J connectivity index is 2.55. The molecular formula is C18H32O2. The second kappa shape index (κ2) is 9.36. The average Bonchev–Trinajstić information content (AvgIpc) is 2.70. The summed E-state index contributed by atoms with van der Waals surface area (Å²) in [6.07, 6.45) is 14.0. The minimum atomic E-state index is -0.389. The van der Waals surface area contributed by atoms with E-state index in [0.29, 0.717) is 12.3 Å². The molecule has 0 amide bonds. The van der Waals surface area contributed by atoms with Gasteiger partial charge in [0.25, 0.3) is 0 Å². The Morgan fingerprint density at radius 3 is 2.55 bits per heavy atom. The molecule has 2 nitrogen and oxygen atoms in total. The molecular weight excluding hydrogens is 248 g/mol. The van der Waals surface area contributed by atoms with Crippen LogP contribution in [-0.4, -0.2) is 22.4 Å². The van der Waals surface area contributed by atoms with E-state index in [1.54, 1.807) is 0 Å². The van der Waals surface area contributed by atoms with Crippen LogP contribution < -0.4 is 0 Å². The van der Waals surface area contributed by atoms with Crippen molar-refractivity contribution < 1.29 is 10.2 Å². The Morgan fingerprint density at radius 2 is 1.90 bits per heavy atom. The van der Waals surface area contributed by atoms with Crippen LogP contribution >= 0.6 is 0 Å². The first-order valence-electron chi connectivity index (χ1n) is 8.29. The van der Waals surface area contributed by atoms with Crippen LogP contribution in [0, 0.1) is 17.8 Å². The lowest BCUT2D eigenvalue weighted by atomic mass is 9.89. The summed E-state index contributed by atoms with van der Waals surface area (Å²) in [5, 5.41) is 20.2. The van der Waals surface area contributed by atoms with Gasteiger partial charge in [0.1, 0.15) is 0 Å². The Hall–Kier alpha value is -0.600. The van der Waals surface area contributed by atoms with Crippen LogP contribution in [0.5, 0.6) is 0 Å². The number of allylic oxidation sites excluding steroid dienone is 3. The summed E-state index contributed by atoms with van der Waals surface area (Å²) in [5.74, 6) is 0.818. The SMILES string of the molecule is CCCC/C=C\C[C@@H]1[C@@H](/C=C/[C@@H](C)CC)[C@H](O)C[C@@H]1O. The maximum Gasteiger partial charge on any atom is 0.0631 e. The molecule has 0 unspecified atom stereocenters. The van der Waals surface area contributed by atoms with Gasteiger partial charge in [-0.3, -0.25) is 0 Å². The molecule has 0 aromatic heterocycles. The zero-order valence-electron chi connectivity index (χ0n) is 13.3. The smallest absolute Gasteiger partial charge is 0.0631 e. The quantitative estimate of drug-likeness (QED) is 0.519. The van der Waals surface area contributed by atoms with E-state index in [1.807, 2.05) is 0 Å². The lowest BCUT2D eigenvalue weighted by Gasteiger charge is -2.19. The predicted molar refractivity (Wildman–Crippen MR) is 85.5 cm³/mol. The lowest BCUT2D eigenvalue weighted by molar-refractivity contribution is 0.120. The summed E-state index contributed by atoms with van der Waals surface area (Å²) in [5.41, 5.74) is 0. The average molecular weight is 280 g/mol. The van der Waals surface area contributed by atoms with Crippen molar-refractivity contribution in [3.8, 4) is 0 Å². The molecule has 0 saturated heterocycles. The number of hydrogen-bond donors (Lipinski definition) is 2. The number of rotatable bonds is 8. The van der Waals surface area contributed by atoms with Gasteiger partial charge in [0.15, 0.2) is 0 Å². The predicted octanol–water partition coefficient (Wildman–Crippen LogP) is 4.08. The lowest BCUT2D eigenvalue weighted by Crippen LogP contribution is -2.20. The number of hydrogen-bond acceptors (Lipinski definition) is 2. The van der Waals surface area contributed by atoms with Crippen molar-refractivity contribution in [1.82, 2.24) is 0 Å². The standard InChI is InChI=1S/C18H32O2/c1-4-6-7-8-9-10-15-16(12-11-14(3)5-2)18(20)13-17(15)19/h8-9,11-12,14-20H,4-7,10,13H2,1-3H3/b9-8-,12-11+/t14-,15+,16+,17-,18+/m0/s1. The van der Waals surface area contributed by atoms with Gasteiger partial charge < -0.3 is 10.2 Å². The molecule has 0 heterocycles. The van der Waals surface area contributed by atoms with Crippen LogP contribution in [0.4, 0.5) is 0 Å². The van der Waals surface area contributed by atoms with Crippen molar-refractivity contribution in [3.05, 3.63) is 24.3 Å². The topological polar surface area (TPSA) is 40.5 Å². The maximum absolute atomic E-state index is 10.1. The van der Waals surface area contributed by atoms with Gasteiger partial charge in [0, 0.05) is 12.3 Å². The van der Waals surface area contributed by atoms with Crippen molar-refractivity contribution in [3.63, 3.8) is 0 Å². The van der Waals surface area contributed by atoms with E-state index in [0.717, 1.165) is 19.3 Å². The highest BCUT2D eigenvalue weighted by Crippen LogP contribution is 2.36. The van der Waals surface area contributed by atoms with E-state index in [9.17, 15) is 10.2 Å². The molecule has 0 bridgehead atoms. The van der Waals surface area contributed by atoms with Crippen LogP contribution in [0.2, 0.25) is 0 Å². The highest BCUT2D eigenvalue weighted by Gasteiger charge is 2.39. The molecule has 2 N–H and O–H groups in total. The molecule has 5 atom stereocenters. The van der Waals surface area contributed by atoms with Crippen molar-refractivity contribution in [2.75, 3.05) is 0 Å². The second-order valence-electron chi connectivity index (χ2n) is 6.23. The van der Waals surface area contributed by atoms with E-state index in [4.69, 9.17) is 0 Å². The molecule has 116 valence electrons. The Kier molecular flexibility index (Phi) is 8.16. The van der Waals surface area contributed by atoms with Gasteiger partial charge in [-0.05, 0) is 24.7 Å². The van der Waals surface area contributed by atoms with Crippen LogP contribution in [-0.2, 0) is 0 Å². The monoisotopic (exact) mass is 280 g/mol. The fraction of sp³-hybridized carbons (Fsp3) is 0.778. The molecule has 1 rings (SSSR count). The van der Waals surface area contributed by atoms with Gasteiger partial charge in [-0.1, -0.05) is 64.3 Å². The third-order valence-electron chi connectivity index (χ3n) is 4.52. The molecule has 0 aliphatic heterocycles. The third-order valence-corrected chi connectivity index (χ3v) is 4.52. The van der Waals surface area contributed by atoms with Gasteiger partial charge in [0.05, 0.1) is 12.2 Å². The van der Waals surface area contributed by atoms with Crippen LogP contribution in [0.15, 0.2) is 24.3 Å². The summed E-state index contributed by atoms with van der Waals surface area (Å²) in [6.45, 7) is 6.55. The number of aliphatic hydroxyl groups excluding tert-OH is 2. The zero-order chi connectivity index (χ0) is 15.0. The van der Waals surface area contributed by atoms with E-state index in [-0.39, 0.29) is 24.0 Å². The molecule has 2 heteroatoms. The Bertz CT molecular complexity index is 309. The number of unbranched alkanes of at least 4 members (excludes halogenated alkanes) is 2. The number of aliphatic hydroxyl groups is 2. The summed E-state index contributed by atoms with van der Waals surface area (Å²) in [6, 6.07) is 0. The summed E-state index contributed by atoms with van der Waals surface area (Å²) < 4.78 is 0. The minimum absolute atomic E-state index is 0.106. The molecule has 0 aromatic carbocycles. The molecule has 1 aliphatic carbocycles. The first-order chi connectivity index (χ1) is 9.60. The molecule has 1 aliphatic rings. The van der Waals surface area contributed by atoms with E-state index >= 15 is 0 Å². The summed E-state index contributed by atoms with van der Waals surface area (Å²) in [4.78, 5) is 0. The summed E-state index contributed by atoms with van der Waals surface area (Å²) in [7, 11) is 0. The molecule has 20 heavy (non-hydrogen) atoms. The summed E-state index contributed by atoms with van der Waals surface area (Å²) >= 11 is 0. The van der Waals surface area contributed by atoms with Gasteiger partial charge in [-0.2, -0.15) is 0 Å². The molecule has 1 saturated carbocycles. The fourth-order valence-electron chi connectivity index (χ4n) is 2.85. The van der Waals surface area contributed by atoms with Gasteiger partial charge in [-0.25, -0.2) is 0 Å². The molecule has 0 radical (unpaired) electrons. The van der Waals surface area contributed by atoms with Crippen molar-refractivity contribution in [1.29, 1.82) is 0 Å². The van der Waals surface area contributed by atoms with E-state index in [1.165, 1.54) is 12.8 Å². The fourth-order valence-corrected chi connectivity index (χ4v) is 2.85. The maximum atomic E-state index is 10.1. The van der Waals surface area contributed by atoms with Gasteiger partial charge in [0.2, 0.25) is 0 Å². The van der Waals surface area contributed by atoms with Gasteiger partial charge in [-0.15, -0.1) is 0 Å². The van der Waals surface area contributed by atoms with E-state index in [2.05, 4.69) is 45.1 Å². The van der Waals surface area contributed by atoms with Crippen LogP contribution in [0.25, 0.3) is 0 Å². The van der Waals surface area contributed by atoms with E-state index < -0.39 is 0 Å². The van der Waals surface area contributed by atoms with Crippen LogP contribution in [0.3, 0.4) is 0 Å². The highest BCUT2D eigenvalue weighted by molar-refractivity contribution is 5.05. The second-order valence-corrected chi connectivity index (χ2v) is 6.23. The van der Waals surface area contributed by atoms with Crippen molar-refractivity contribution in [2.24, 2.45) is 17.8 Å². The van der Waals surface area contributed by atoms with Crippen molar-refractivity contribution in [2.45, 2.75) is 71.5 Å². The van der Waals surface area contributed by atoms with Crippen molar-refractivity contribution >= 4 is 0 Å². The highest BCUT2D eigenvalue weighted by atomic mass is 16.3. The zero-order valence-corrected chi connectivity index (χ0v) is 13.3. The van der Waals surface area contributed by atoms with Crippen LogP contribution in [0.1, 0.15) is 59.3 Å². The minimum Gasteiger partial charge on any atom is -0.393 e. The Labute approximate surface area is 124 Å². The molecule has 0 aromatic rings.